The van der Waals surface area contributed by atoms with Crippen LogP contribution in [0.25, 0.3) is 0 Å². The third kappa shape index (κ3) is 2.93. The van der Waals surface area contributed by atoms with Crippen molar-refractivity contribution in [1.29, 1.82) is 0 Å². The highest BCUT2D eigenvalue weighted by Gasteiger charge is 2.20. The van der Waals surface area contributed by atoms with Crippen molar-refractivity contribution in [3.63, 3.8) is 0 Å². The maximum atomic E-state index is 10.7. The number of hydrogen-bond donors (Lipinski definition) is 1. The quantitative estimate of drug-likeness (QED) is 0.592. The van der Waals surface area contributed by atoms with Gasteiger partial charge in [0.1, 0.15) is 6.54 Å². The molecular formula is C7H12N2OS. The number of carbonyl (C=O) groups is 1. The Bertz CT molecular complexity index is 205. The average Bonchev–Trinajstić information content (AvgIpc) is 2.10. The number of amides is 1. The number of nitrogens with zero attached hydrogens (tertiary/aromatic N) is 1. The third-order valence-corrected chi connectivity index (χ3v) is 2.05. The molecule has 0 aliphatic carbocycles. The summed E-state index contributed by atoms with van der Waals surface area (Å²) in [4.78, 5) is 14.7. The van der Waals surface area contributed by atoms with Crippen LogP contribution in [0.3, 0.4) is 0 Å². The van der Waals surface area contributed by atoms with Crippen molar-refractivity contribution in [3.8, 4) is 0 Å². The number of aliphatic imine (C=N–C) groups is 1. The summed E-state index contributed by atoms with van der Waals surface area (Å²) in [6.45, 7) is 6.55. The SMILES string of the molecule is CC(C)(C)SC1=NCC(=O)N1. The molecule has 0 atom stereocenters. The first-order chi connectivity index (χ1) is 4.97. The molecule has 1 heterocycles. The minimum atomic E-state index is -0.00301. The lowest BCUT2D eigenvalue weighted by Crippen LogP contribution is -2.25. The van der Waals surface area contributed by atoms with Crippen molar-refractivity contribution in [1.82, 2.24) is 5.32 Å². The van der Waals surface area contributed by atoms with Crippen LogP contribution in [0.2, 0.25) is 0 Å². The molecule has 0 fully saturated rings. The lowest BCUT2D eigenvalue weighted by Gasteiger charge is -2.16. The van der Waals surface area contributed by atoms with E-state index in [1.807, 2.05) is 0 Å². The zero-order valence-corrected chi connectivity index (χ0v) is 7.79. The Labute approximate surface area is 70.7 Å². The average molecular weight is 172 g/mol. The third-order valence-electron chi connectivity index (χ3n) is 1.02. The van der Waals surface area contributed by atoms with Gasteiger partial charge < -0.3 is 5.32 Å². The van der Waals surface area contributed by atoms with Gasteiger partial charge in [-0.2, -0.15) is 0 Å². The Balaban J connectivity index is 2.46. The van der Waals surface area contributed by atoms with Gasteiger partial charge in [0.15, 0.2) is 5.17 Å². The lowest BCUT2D eigenvalue weighted by molar-refractivity contribution is -0.117. The number of thioether (sulfide) groups is 1. The van der Waals surface area contributed by atoms with Gasteiger partial charge in [0.2, 0.25) is 5.91 Å². The zero-order chi connectivity index (χ0) is 8.48. The van der Waals surface area contributed by atoms with Gasteiger partial charge >= 0.3 is 0 Å². The first kappa shape index (κ1) is 8.59. The fourth-order valence-electron chi connectivity index (χ4n) is 0.690. The highest BCUT2D eigenvalue weighted by atomic mass is 32.2. The lowest BCUT2D eigenvalue weighted by atomic mass is 10.3. The molecule has 1 N–H and O–H groups in total. The zero-order valence-electron chi connectivity index (χ0n) is 6.97. The van der Waals surface area contributed by atoms with Gasteiger partial charge in [0.25, 0.3) is 0 Å². The van der Waals surface area contributed by atoms with Crippen LogP contribution in [0.1, 0.15) is 20.8 Å². The van der Waals surface area contributed by atoms with Gasteiger partial charge in [-0.3, -0.25) is 9.79 Å². The second-order valence-corrected chi connectivity index (χ2v) is 5.20. The normalized spacial score (nSPS) is 18.1. The molecule has 4 heteroatoms. The van der Waals surface area contributed by atoms with Gasteiger partial charge in [-0.1, -0.05) is 32.5 Å². The van der Waals surface area contributed by atoms with E-state index in [1.54, 1.807) is 11.8 Å². The molecule has 0 saturated heterocycles. The highest BCUT2D eigenvalue weighted by molar-refractivity contribution is 8.15. The number of hydrogen-bond acceptors (Lipinski definition) is 3. The maximum absolute atomic E-state index is 10.7. The van der Waals surface area contributed by atoms with Crippen LogP contribution in [0.15, 0.2) is 4.99 Å². The van der Waals surface area contributed by atoms with Gasteiger partial charge in [-0.15, -0.1) is 0 Å². The van der Waals surface area contributed by atoms with E-state index in [4.69, 9.17) is 0 Å². The van der Waals surface area contributed by atoms with E-state index in [0.717, 1.165) is 5.17 Å². The van der Waals surface area contributed by atoms with Crippen molar-refractivity contribution in [3.05, 3.63) is 0 Å². The van der Waals surface area contributed by atoms with E-state index in [9.17, 15) is 4.79 Å². The molecule has 0 saturated carbocycles. The van der Waals surface area contributed by atoms with Gasteiger partial charge in [-0.25, -0.2) is 0 Å². The molecule has 0 radical (unpaired) electrons. The van der Waals surface area contributed by atoms with Crippen LogP contribution in [0.5, 0.6) is 0 Å². The van der Waals surface area contributed by atoms with E-state index >= 15 is 0 Å². The van der Waals surface area contributed by atoms with E-state index < -0.39 is 0 Å². The van der Waals surface area contributed by atoms with Gasteiger partial charge in [0.05, 0.1) is 0 Å². The molecule has 0 aromatic rings. The van der Waals surface area contributed by atoms with Crippen LogP contribution >= 0.6 is 11.8 Å². The highest BCUT2D eigenvalue weighted by Crippen LogP contribution is 2.24. The molecule has 1 rings (SSSR count). The summed E-state index contributed by atoms with van der Waals surface area (Å²) in [5.74, 6) is -0.00301. The molecule has 0 aromatic carbocycles. The predicted molar refractivity (Wildman–Crippen MR) is 47.8 cm³/mol. The summed E-state index contributed by atoms with van der Waals surface area (Å²) in [5.41, 5.74) is 0. The van der Waals surface area contributed by atoms with Crippen LogP contribution < -0.4 is 5.32 Å². The number of amidine groups is 1. The monoisotopic (exact) mass is 172 g/mol. The Hall–Kier alpha value is -0.510. The van der Waals surface area contributed by atoms with Crippen molar-refractivity contribution < 1.29 is 4.79 Å². The van der Waals surface area contributed by atoms with Crippen LogP contribution in [0, 0.1) is 0 Å². The Morgan fingerprint density at radius 3 is 2.55 bits per heavy atom. The fourth-order valence-corrected chi connectivity index (χ4v) is 1.56. The standard InChI is InChI=1S/C7H12N2OS/c1-7(2,3)11-6-8-4-5(10)9-6/h4H2,1-3H3,(H,8,9,10). The molecule has 0 unspecified atom stereocenters. The van der Waals surface area contributed by atoms with Gasteiger partial charge in [-0.05, 0) is 0 Å². The number of nitrogens with one attached hydrogen (secondary N) is 1. The smallest absolute Gasteiger partial charge is 0.247 e. The first-order valence-electron chi connectivity index (χ1n) is 3.51. The molecule has 1 aliphatic rings. The number of carbonyl (C=O) groups excluding carboxylic acids is 1. The molecule has 1 aliphatic heterocycles. The summed E-state index contributed by atoms with van der Waals surface area (Å²) in [6, 6.07) is 0. The minimum absolute atomic E-state index is 0.00301. The molecule has 0 bridgehead atoms. The molecule has 0 spiro atoms. The van der Waals surface area contributed by atoms with E-state index in [1.165, 1.54) is 0 Å². The van der Waals surface area contributed by atoms with Gasteiger partial charge in [0, 0.05) is 4.75 Å². The topological polar surface area (TPSA) is 41.5 Å². The minimum Gasteiger partial charge on any atom is -0.304 e. The Morgan fingerprint density at radius 1 is 1.55 bits per heavy atom. The van der Waals surface area contributed by atoms with Crippen molar-refractivity contribution in [2.75, 3.05) is 6.54 Å². The van der Waals surface area contributed by atoms with Crippen molar-refractivity contribution >= 4 is 22.8 Å². The predicted octanol–water partition coefficient (Wildman–Crippen LogP) is 1.00. The van der Waals surface area contributed by atoms with Crippen molar-refractivity contribution in [2.24, 2.45) is 4.99 Å². The molecule has 0 aromatic heterocycles. The first-order valence-corrected chi connectivity index (χ1v) is 4.32. The molecular weight excluding hydrogens is 160 g/mol. The summed E-state index contributed by atoms with van der Waals surface area (Å²) in [7, 11) is 0. The summed E-state index contributed by atoms with van der Waals surface area (Å²) < 4.78 is 0.121. The van der Waals surface area contributed by atoms with Crippen LogP contribution in [-0.2, 0) is 4.79 Å². The van der Waals surface area contributed by atoms with E-state index in [0.29, 0.717) is 6.54 Å². The maximum Gasteiger partial charge on any atom is 0.247 e. The van der Waals surface area contributed by atoms with Crippen LogP contribution in [-0.4, -0.2) is 22.4 Å². The molecule has 11 heavy (non-hydrogen) atoms. The van der Waals surface area contributed by atoms with Crippen LogP contribution in [0.4, 0.5) is 0 Å². The second kappa shape index (κ2) is 2.85. The van der Waals surface area contributed by atoms with E-state index in [2.05, 4.69) is 31.1 Å². The molecule has 1 amide bonds. The second-order valence-electron chi connectivity index (χ2n) is 3.38. The fraction of sp³-hybridized carbons (Fsp3) is 0.714. The summed E-state index contributed by atoms with van der Waals surface area (Å²) >= 11 is 1.59. The number of rotatable bonds is 0. The largest absolute Gasteiger partial charge is 0.304 e. The van der Waals surface area contributed by atoms with Crippen molar-refractivity contribution in [2.45, 2.75) is 25.5 Å². The summed E-state index contributed by atoms with van der Waals surface area (Å²) in [5, 5.41) is 3.44. The molecule has 3 nitrogen and oxygen atoms in total. The Kier molecular flexibility index (Phi) is 2.23. The molecule has 62 valence electrons. The van der Waals surface area contributed by atoms with E-state index in [-0.39, 0.29) is 10.7 Å². The Morgan fingerprint density at radius 2 is 2.18 bits per heavy atom. The summed E-state index contributed by atoms with van der Waals surface area (Å²) in [6.07, 6.45) is 0.